The fourth-order valence-corrected chi connectivity index (χ4v) is 6.48. The van der Waals surface area contributed by atoms with Gasteiger partial charge in [0.05, 0.1) is 13.2 Å². The number of aliphatic carboxylic acids is 1. The van der Waals surface area contributed by atoms with Crippen LogP contribution < -0.4 is 5.73 Å². The summed E-state index contributed by atoms with van der Waals surface area (Å²) in [4.78, 5) is 45.8. The Morgan fingerprint density at radius 3 is 1.40 bits per heavy atom. The molecule has 0 saturated heterocycles. The molecule has 0 aromatic rings. The molecule has 3 atom stereocenters. The molecule has 0 fully saturated rings. The van der Waals surface area contributed by atoms with Crippen molar-refractivity contribution in [2.45, 2.75) is 206 Å². The van der Waals surface area contributed by atoms with Crippen LogP contribution >= 0.6 is 7.82 Å². The molecule has 0 aliphatic heterocycles. The summed E-state index contributed by atoms with van der Waals surface area (Å²) in [5, 5.41) is 8.87. The summed E-state index contributed by atoms with van der Waals surface area (Å²) in [7, 11) is -4.71. The van der Waals surface area contributed by atoms with Gasteiger partial charge in [0.15, 0.2) is 6.10 Å². The van der Waals surface area contributed by atoms with Crippen molar-refractivity contribution < 1.29 is 47.5 Å². The topological polar surface area (TPSA) is 172 Å². The number of carboxylic acid groups (broad SMARTS) is 1. The van der Waals surface area contributed by atoms with Gasteiger partial charge >= 0.3 is 25.7 Å². The molecule has 52 heavy (non-hydrogen) atoms. The number of hydrogen-bond acceptors (Lipinski definition) is 9. The van der Waals surface area contributed by atoms with Gasteiger partial charge in [0.1, 0.15) is 12.6 Å². The monoisotopic (exact) mass is 762 g/mol. The number of unbranched alkanes of at least 4 members (excludes halogenated alkanes) is 23. The number of esters is 2. The number of allylic oxidation sites excluding steroid dienone is 2. The number of carboxylic acids is 1. The predicted molar refractivity (Wildman–Crippen MR) is 208 cm³/mol. The SMILES string of the molecule is CCCCCCCC/C=C/CCCCCCCC(=O)OC(COC(=O)CCCCCCCCCCCCCCC)COP(=O)(O)OC[C@H](N)C(=O)O. The van der Waals surface area contributed by atoms with Crippen LogP contribution in [0.5, 0.6) is 0 Å². The van der Waals surface area contributed by atoms with Crippen LogP contribution in [0.25, 0.3) is 0 Å². The third kappa shape index (κ3) is 35.3. The van der Waals surface area contributed by atoms with Crippen LogP contribution in [0.4, 0.5) is 0 Å². The van der Waals surface area contributed by atoms with E-state index in [1.54, 1.807) is 0 Å². The Balaban J connectivity index is 4.39. The van der Waals surface area contributed by atoms with Crippen molar-refractivity contribution in [3.05, 3.63) is 12.2 Å². The highest BCUT2D eigenvalue weighted by Gasteiger charge is 2.28. The summed E-state index contributed by atoms with van der Waals surface area (Å²) >= 11 is 0. The molecule has 0 radical (unpaired) electrons. The van der Waals surface area contributed by atoms with Gasteiger partial charge in [-0.2, -0.15) is 0 Å². The van der Waals surface area contributed by atoms with Gasteiger partial charge < -0.3 is 25.2 Å². The molecule has 11 nitrogen and oxygen atoms in total. The summed E-state index contributed by atoms with van der Waals surface area (Å²) in [6.45, 7) is 2.79. The first-order chi connectivity index (χ1) is 25.1. The highest BCUT2D eigenvalue weighted by atomic mass is 31.2. The Labute approximate surface area is 316 Å². The van der Waals surface area contributed by atoms with Crippen LogP contribution in [0.3, 0.4) is 0 Å². The Morgan fingerprint density at radius 1 is 0.577 bits per heavy atom. The number of phosphoric acid groups is 1. The molecule has 12 heteroatoms. The summed E-state index contributed by atoms with van der Waals surface area (Å²) in [6.07, 6.45) is 34.2. The van der Waals surface area contributed by atoms with E-state index in [0.717, 1.165) is 57.8 Å². The standard InChI is InChI=1S/C40H76NO10P/c1-3-5-7-9-11-13-15-17-18-20-22-24-26-28-30-32-39(43)51-36(34-49-52(46,47)50-35-37(41)40(44)45)33-48-38(42)31-29-27-25-23-21-19-16-14-12-10-8-6-4-2/h17-18,36-37H,3-16,19-35,41H2,1-2H3,(H,44,45)(H,46,47)/b18-17+/t36?,37-/m0/s1. The second-order valence-corrected chi connectivity index (χ2v) is 15.6. The van der Waals surface area contributed by atoms with Gasteiger partial charge in [0.25, 0.3) is 0 Å². The van der Waals surface area contributed by atoms with E-state index in [4.69, 9.17) is 24.8 Å². The Bertz CT molecular complexity index is 947. The van der Waals surface area contributed by atoms with Gasteiger partial charge in [-0.05, 0) is 38.5 Å². The van der Waals surface area contributed by atoms with E-state index in [1.807, 2.05) is 0 Å². The summed E-state index contributed by atoms with van der Waals surface area (Å²) in [6, 6.07) is -1.52. The number of hydrogen-bond donors (Lipinski definition) is 3. The third-order valence-electron chi connectivity index (χ3n) is 9.01. The number of nitrogens with two attached hydrogens (primary N) is 1. The number of ether oxygens (including phenoxy) is 2. The van der Waals surface area contributed by atoms with Crippen LogP contribution in [0, 0.1) is 0 Å². The van der Waals surface area contributed by atoms with Gasteiger partial charge in [0, 0.05) is 12.8 Å². The number of carbonyl (C=O) groups excluding carboxylic acids is 2. The lowest BCUT2D eigenvalue weighted by Crippen LogP contribution is -2.34. The van der Waals surface area contributed by atoms with Crippen molar-refractivity contribution in [3.8, 4) is 0 Å². The fourth-order valence-electron chi connectivity index (χ4n) is 5.71. The molecular weight excluding hydrogens is 685 g/mol. The van der Waals surface area contributed by atoms with Gasteiger partial charge in [-0.3, -0.25) is 23.4 Å². The quantitative estimate of drug-likeness (QED) is 0.0235. The first kappa shape index (κ1) is 50.2. The molecule has 306 valence electrons. The normalized spacial score (nSPS) is 13.9. The first-order valence-electron chi connectivity index (χ1n) is 20.7. The third-order valence-corrected chi connectivity index (χ3v) is 9.96. The van der Waals surface area contributed by atoms with Crippen LogP contribution in [-0.2, 0) is 37.5 Å². The van der Waals surface area contributed by atoms with E-state index >= 15 is 0 Å². The van der Waals surface area contributed by atoms with Crippen LogP contribution in [0.15, 0.2) is 12.2 Å². The molecule has 0 heterocycles. The van der Waals surface area contributed by atoms with E-state index in [1.165, 1.54) is 96.3 Å². The van der Waals surface area contributed by atoms with E-state index in [0.29, 0.717) is 12.8 Å². The zero-order chi connectivity index (χ0) is 38.5. The molecule has 4 N–H and O–H groups in total. The lowest BCUT2D eigenvalue weighted by molar-refractivity contribution is -0.161. The van der Waals surface area contributed by atoms with E-state index in [9.17, 15) is 23.8 Å². The molecular formula is C40H76NO10P. The predicted octanol–water partition coefficient (Wildman–Crippen LogP) is 10.5. The highest BCUT2D eigenvalue weighted by Crippen LogP contribution is 2.43. The van der Waals surface area contributed by atoms with Crippen LogP contribution in [0.2, 0.25) is 0 Å². The van der Waals surface area contributed by atoms with Crippen molar-refractivity contribution >= 4 is 25.7 Å². The van der Waals surface area contributed by atoms with Gasteiger partial charge in [-0.1, -0.05) is 154 Å². The van der Waals surface area contributed by atoms with E-state index in [2.05, 4.69) is 30.5 Å². The molecule has 0 aromatic heterocycles. The molecule has 0 bridgehead atoms. The summed E-state index contributed by atoms with van der Waals surface area (Å²) in [5.41, 5.74) is 5.32. The highest BCUT2D eigenvalue weighted by molar-refractivity contribution is 7.47. The maximum absolute atomic E-state index is 12.6. The van der Waals surface area contributed by atoms with Gasteiger partial charge in [0.2, 0.25) is 0 Å². The van der Waals surface area contributed by atoms with E-state index in [-0.39, 0.29) is 19.4 Å². The summed E-state index contributed by atoms with van der Waals surface area (Å²) < 4.78 is 32.6. The van der Waals surface area contributed by atoms with Crippen molar-refractivity contribution in [2.75, 3.05) is 19.8 Å². The minimum Gasteiger partial charge on any atom is -0.480 e. The Kier molecular flexibility index (Phi) is 35.0. The largest absolute Gasteiger partial charge is 0.480 e. The van der Waals surface area contributed by atoms with Crippen LogP contribution in [-0.4, -0.2) is 59.9 Å². The maximum Gasteiger partial charge on any atom is 0.472 e. The molecule has 0 spiro atoms. The van der Waals surface area contributed by atoms with Gasteiger partial charge in [-0.15, -0.1) is 0 Å². The first-order valence-corrected chi connectivity index (χ1v) is 22.2. The average molecular weight is 762 g/mol. The average Bonchev–Trinajstić information content (AvgIpc) is 3.12. The molecule has 0 saturated carbocycles. The number of carbonyl (C=O) groups is 3. The lowest BCUT2D eigenvalue weighted by atomic mass is 10.0. The van der Waals surface area contributed by atoms with Crippen molar-refractivity contribution in [2.24, 2.45) is 5.73 Å². The lowest BCUT2D eigenvalue weighted by Gasteiger charge is -2.20. The zero-order valence-corrected chi connectivity index (χ0v) is 33.8. The molecule has 0 aromatic carbocycles. The van der Waals surface area contributed by atoms with Crippen molar-refractivity contribution in [1.29, 1.82) is 0 Å². The van der Waals surface area contributed by atoms with Crippen molar-refractivity contribution in [3.63, 3.8) is 0 Å². The minimum absolute atomic E-state index is 0.155. The van der Waals surface area contributed by atoms with Crippen molar-refractivity contribution in [1.82, 2.24) is 0 Å². The molecule has 0 aliphatic rings. The molecule has 2 unspecified atom stereocenters. The minimum atomic E-state index is -4.71. The van der Waals surface area contributed by atoms with Gasteiger partial charge in [-0.25, -0.2) is 4.57 Å². The second kappa shape index (κ2) is 36.2. The Morgan fingerprint density at radius 2 is 0.962 bits per heavy atom. The molecule has 0 rings (SSSR count). The Hall–Kier alpha value is -1.78. The fraction of sp³-hybridized carbons (Fsp3) is 0.875. The molecule has 0 amide bonds. The van der Waals surface area contributed by atoms with Crippen LogP contribution in [0.1, 0.15) is 194 Å². The number of rotatable bonds is 39. The van der Waals surface area contributed by atoms with E-state index < -0.39 is 51.1 Å². The zero-order valence-electron chi connectivity index (χ0n) is 32.9. The number of phosphoric ester groups is 1. The smallest absolute Gasteiger partial charge is 0.472 e. The second-order valence-electron chi connectivity index (χ2n) is 14.1. The summed E-state index contributed by atoms with van der Waals surface area (Å²) in [5.74, 6) is -2.38. The maximum atomic E-state index is 12.6. The molecule has 0 aliphatic carbocycles.